The summed E-state index contributed by atoms with van der Waals surface area (Å²) in [5, 5.41) is 9.55. The van der Waals surface area contributed by atoms with Crippen molar-refractivity contribution in [1.29, 1.82) is 0 Å². The number of aliphatic hydroxyl groups excluding tert-OH is 1. The van der Waals surface area contributed by atoms with Crippen LogP contribution in [0.25, 0.3) is 0 Å². The van der Waals surface area contributed by atoms with E-state index in [2.05, 4.69) is 23.7 Å². The summed E-state index contributed by atoms with van der Waals surface area (Å²) in [6.07, 6.45) is 5.50. The lowest BCUT2D eigenvalue weighted by atomic mass is 9.97. The van der Waals surface area contributed by atoms with Crippen LogP contribution in [0, 0.1) is 5.92 Å². The highest BCUT2D eigenvalue weighted by Gasteiger charge is 2.22. The van der Waals surface area contributed by atoms with E-state index in [0.29, 0.717) is 5.92 Å². The topological polar surface area (TPSA) is 62.4 Å². The lowest BCUT2D eigenvalue weighted by Gasteiger charge is -2.32. The molecule has 0 aliphatic heterocycles. The van der Waals surface area contributed by atoms with Crippen LogP contribution in [-0.4, -0.2) is 47.3 Å². The minimum Gasteiger partial charge on any atom is -0.395 e. The Labute approximate surface area is 116 Å². The van der Waals surface area contributed by atoms with E-state index in [0.717, 1.165) is 19.4 Å². The van der Waals surface area contributed by atoms with Crippen LogP contribution in [0.5, 0.6) is 0 Å². The van der Waals surface area contributed by atoms with Gasteiger partial charge in [-0.05, 0) is 43.5 Å². The smallest absolute Gasteiger partial charge is 0.0601 e. The van der Waals surface area contributed by atoms with Gasteiger partial charge in [0.2, 0.25) is 0 Å². The molecule has 4 heteroatoms. The molecule has 1 heterocycles. The zero-order valence-electron chi connectivity index (χ0n) is 12.3. The molecular weight excluding hydrogens is 238 g/mol. The summed E-state index contributed by atoms with van der Waals surface area (Å²) in [5.41, 5.74) is 7.45. The van der Waals surface area contributed by atoms with Crippen molar-refractivity contribution >= 4 is 0 Å². The minimum atomic E-state index is 0.0208. The molecule has 3 N–H and O–H groups in total. The molecule has 4 nitrogen and oxygen atoms in total. The highest BCUT2D eigenvalue weighted by Crippen LogP contribution is 2.11. The van der Waals surface area contributed by atoms with Crippen molar-refractivity contribution in [3.05, 3.63) is 30.1 Å². The Kier molecular flexibility index (Phi) is 6.99. The largest absolute Gasteiger partial charge is 0.395 e. The van der Waals surface area contributed by atoms with E-state index in [-0.39, 0.29) is 18.7 Å². The standard InChI is InChI=1S/C15H27N3O/c1-12(2)10-14(16)15(11-19)18(3)9-6-13-4-7-17-8-5-13/h4-5,7-8,12,14-15,19H,6,9-11,16H2,1-3H3. The molecule has 2 atom stereocenters. The van der Waals surface area contributed by atoms with Gasteiger partial charge in [-0.25, -0.2) is 0 Å². The van der Waals surface area contributed by atoms with Gasteiger partial charge in [0.25, 0.3) is 0 Å². The van der Waals surface area contributed by atoms with Crippen LogP contribution >= 0.6 is 0 Å². The minimum absolute atomic E-state index is 0.0208. The number of nitrogens with two attached hydrogens (primary N) is 1. The number of aliphatic hydroxyl groups is 1. The van der Waals surface area contributed by atoms with Gasteiger partial charge in [0.15, 0.2) is 0 Å². The van der Waals surface area contributed by atoms with Crippen LogP contribution in [0.3, 0.4) is 0 Å². The van der Waals surface area contributed by atoms with Crippen LogP contribution in [0.4, 0.5) is 0 Å². The third-order valence-electron chi connectivity index (χ3n) is 3.49. The second-order valence-electron chi connectivity index (χ2n) is 5.63. The van der Waals surface area contributed by atoms with E-state index in [1.165, 1.54) is 5.56 Å². The summed E-state index contributed by atoms with van der Waals surface area (Å²) in [6, 6.07) is 4.10. The van der Waals surface area contributed by atoms with Crippen molar-refractivity contribution in [3.8, 4) is 0 Å². The van der Waals surface area contributed by atoms with E-state index >= 15 is 0 Å². The summed E-state index contributed by atoms with van der Waals surface area (Å²) < 4.78 is 0. The zero-order valence-corrected chi connectivity index (χ0v) is 12.3. The summed E-state index contributed by atoms with van der Waals surface area (Å²) in [5.74, 6) is 0.553. The molecule has 0 bridgehead atoms. The predicted molar refractivity (Wildman–Crippen MR) is 78.9 cm³/mol. The summed E-state index contributed by atoms with van der Waals surface area (Å²) in [4.78, 5) is 6.17. The summed E-state index contributed by atoms with van der Waals surface area (Å²) >= 11 is 0. The first-order chi connectivity index (χ1) is 9.04. The van der Waals surface area contributed by atoms with Gasteiger partial charge < -0.3 is 10.8 Å². The Morgan fingerprint density at radius 1 is 1.32 bits per heavy atom. The van der Waals surface area contributed by atoms with Gasteiger partial charge in [0.05, 0.1) is 6.61 Å². The molecule has 0 fully saturated rings. The number of pyridine rings is 1. The quantitative estimate of drug-likeness (QED) is 0.743. The van der Waals surface area contributed by atoms with Crippen LogP contribution in [0.2, 0.25) is 0 Å². The van der Waals surface area contributed by atoms with Crippen LogP contribution in [0.15, 0.2) is 24.5 Å². The molecule has 0 spiro atoms. The Morgan fingerprint density at radius 2 is 1.95 bits per heavy atom. The van der Waals surface area contributed by atoms with Crippen molar-refractivity contribution in [1.82, 2.24) is 9.88 Å². The van der Waals surface area contributed by atoms with Gasteiger partial charge in [-0.2, -0.15) is 0 Å². The predicted octanol–water partition coefficient (Wildman–Crippen LogP) is 1.29. The van der Waals surface area contributed by atoms with Crippen molar-refractivity contribution in [2.75, 3.05) is 20.2 Å². The first-order valence-electron chi connectivity index (χ1n) is 7.00. The average molecular weight is 265 g/mol. The second kappa shape index (κ2) is 8.25. The first-order valence-corrected chi connectivity index (χ1v) is 7.00. The SMILES string of the molecule is CC(C)CC(N)C(CO)N(C)CCc1ccncc1. The number of hydrogen-bond acceptors (Lipinski definition) is 4. The zero-order chi connectivity index (χ0) is 14.3. The van der Waals surface area contributed by atoms with E-state index in [9.17, 15) is 5.11 Å². The molecule has 0 amide bonds. The maximum atomic E-state index is 9.55. The van der Waals surface area contributed by atoms with Crippen molar-refractivity contribution < 1.29 is 5.11 Å². The molecule has 0 aliphatic rings. The molecule has 1 aromatic heterocycles. The van der Waals surface area contributed by atoms with E-state index in [1.54, 1.807) is 0 Å². The monoisotopic (exact) mass is 265 g/mol. The Morgan fingerprint density at radius 3 is 2.47 bits per heavy atom. The highest BCUT2D eigenvalue weighted by molar-refractivity contribution is 5.10. The fraction of sp³-hybridized carbons (Fsp3) is 0.667. The van der Waals surface area contributed by atoms with Gasteiger partial charge in [0, 0.05) is 31.0 Å². The maximum absolute atomic E-state index is 9.55. The van der Waals surface area contributed by atoms with E-state index < -0.39 is 0 Å². The van der Waals surface area contributed by atoms with E-state index in [1.807, 2.05) is 31.6 Å². The Hall–Kier alpha value is -0.970. The third kappa shape index (κ3) is 5.68. The summed E-state index contributed by atoms with van der Waals surface area (Å²) in [7, 11) is 2.03. The van der Waals surface area contributed by atoms with Crippen molar-refractivity contribution in [2.24, 2.45) is 11.7 Å². The number of rotatable bonds is 8. The maximum Gasteiger partial charge on any atom is 0.0601 e. The fourth-order valence-electron chi connectivity index (χ4n) is 2.32. The first kappa shape index (κ1) is 16.1. The molecule has 0 saturated heterocycles. The number of aromatic nitrogens is 1. The van der Waals surface area contributed by atoms with Gasteiger partial charge in [-0.1, -0.05) is 13.8 Å². The number of nitrogens with zero attached hydrogens (tertiary/aromatic N) is 2. The lowest BCUT2D eigenvalue weighted by Crippen LogP contribution is -2.49. The van der Waals surface area contributed by atoms with Crippen molar-refractivity contribution in [3.63, 3.8) is 0 Å². The Bertz CT molecular complexity index is 343. The van der Waals surface area contributed by atoms with Gasteiger partial charge in [-0.15, -0.1) is 0 Å². The number of hydrogen-bond donors (Lipinski definition) is 2. The fourth-order valence-corrected chi connectivity index (χ4v) is 2.32. The number of likely N-dealkylation sites (N-methyl/N-ethyl adjacent to an activating group) is 1. The highest BCUT2D eigenvalue weighted by atomic mass is 16.3. The summed E-state index contributed by atoms with van der Waals surface area (Å²) in [6.45, 7) is 5.32. The molecule has 0 radical (unpaired) electrons. The Balaban J connectivity index is 2.47. The molecule has 2 unspecified atom stereocenters. The van der Waals surface area contributed by atoms with Crippen LogP contribution in [0.1, 0.15) is 25.8 Å². The molecular formula is C15H27N3O. The molecule has 0 aromatic carbocycles. The third-order valence-corrected chi connectivity index (χ3v) is 3.49. The molecule has 0 aliphatic carbocycles. The van der Waals surface area contributed by atoms with Crippen LogP contribution < -0.4 is 5.73 Å². The molecule has 19 heavy (non-hydrogen) atoms. The van der Waals surface area contributed by atoms with Gasteiger partial charge >= 0.3 is 0 Å². The second-order valence-corrected chi connectivity index (χ2v) is 5.63. The van der Waals surface area contributed by atoms with Crippen LogP contribution in [-0.2, 0) is 6.42 Å². The molecule has 1 aromatic rings. The molecule has 1 rings (SSSR count). The molecule has 0 saturated carbocycles. The average Bonchev–Trinajstić information content (AvgIpc) is 2.37. The van der Waals surface area contributed by atoms with Crippen molar-refractivity contribution in [2.45, 2.75) is 38.8 Å². The van der Waals surface area contributed by atoms with Gasteiger partial charge in [-0.3, -0.25) is 9.88 Å². The van der Waals surface area contributed by atoms with Gasteiger partial charge in [0.1, 0.15) is 0 Å². The van der Waals surface area contributed by atoms with E-state index in [4.69, 9.17) is 5.73 Å². The normalized spacial score (nSPS) is 14.9. The molecule has 108 valence electrons. The lowest BCUT2D eigenvalue weighted by molar-refractivity contribution is 0.121.